The van der Waals surface area contributed by atoms with Crippen molar-refractivity contribution in [2.75, 3.05) is 19.6 Å². The first-order valence-corrected chi connectivity index (χ1v) is 6.52. The van der Waals surface area contributed by atoms with Crippen molar-refractivity contribution in [2.24, 2.45) is 11.7 Å². The van der Waals surface area contributed by atoms with Crippen molar-refractivity contribution in [3.8, 4) is 0 Å². The zero-order valence-electron chi connectivity index (χ0n) is 10.7. The van der Waals surface area contributed by atoms with E-state index in [0.717, 1.165) is 12.5 Å². The highest BCUT2D eigenvalue weighted by molar-refractivity contribution is 5.76. The quantitative estimate of drug-likeness (QED) is 0.903. The molecule has 19 heavy (non-hydrogen) atoms. The third-order valence-corrected chi connectivity index (χ3v) is 3.61. The Balaban J connectivity index is 1.89. The van der Waals surface area contributed by atoms with Crippen LogP contribution in [0, 0.1) is 17.6 Å². The minimum Gasteiger partial charge on any atom is -0.342 e. The second-order valence-electron chi connectivity index (χ2n) is 4.94. The topological polar surface area (TPSA) is 46.3 Å². The summed E-state index contributed by atoms with van der Waals surface area (Å²) in [5, 5.41) is 0. The van der Waals surface area contributed by atoms with Crippen LogP contribution in [0.2, 0.25) is 0 Å². The van der Waals surface area contributed by atoms with E-state index in [4.69, 9.17) is 5.73 Å². The summed E-state index contributed by atoms with van der Waals surface area (Å²) in [4.78, 5) is 13.7. The Morgan fingerprint density at radius 1 is 1.42 bits per heavy atom. The van der Waals surface area contributed by atoms with Crippen LogP contribution >= 0.6 is 0 Å². The molecule has 3 nitrogen and oxygen atoms in total. The van der Waals surface area contributed by atoms with Crippen molar-refractivity contribution in [1.29, 1.82) is 0 Å². The van der Waals surface area contributed by atoms with Crippen molar-refractivity contribution in [3.05, 3.63) is 35.4 Å². The van der Waals surface area contributed by atoms with E-state index in [1.807, 2.05) is 0 Å². The van der Waals surface area contributed by atoms with Crippen molar-refractivity contribution in [1.82, 2.24) is 4.90 Å². The number of nitrogens with two attached hydrogens (primary N) is 1. The lowest BCUT2D eigenvalue weighted by Gasteiger charge is -2.16. The Hall–Kier alpha value is -1.49. The fraction of sp³-hybridized carbons (Fsp3) is 0.500. The SMILES string of the molecule is NCC1CCN(C(=O)CCc2cccc(F)c2F)C1. The Labute approximate surface area is 111 Å². The van der Waals surface area contributed by atoms with Crippen LogP contribution in [0.25, 0.3) is 0 Å². The number of likely N-dealkylation sites (tertiary alicyclic amines) is 1. The van der Waals surface area contributed by atoms with Gasteiger partial charge in [0, 0.05) is 19.5 Å². The minimum absolute atomic E-state index is 0.0142. The molecule has 104 valence electrons. The number of rotatable bonds is 4. The summed E-state index contributed by atoms with van der Waals surface area (Å²) in [6.45, 7) is 1.98. The van der Waals surface area contributed by atoms with Crippen LogP contribution in [0.5, 0.6) is 0 Å². The van der Waals surface area contributed by atoms with Crippen LogP contribution in [0.1, 0.15) is 18.4 Å². The van der Waals surface area contributed by atoms with E-state index in [2.05, 4.69) is 0 Å². The normalized spacial score (nSPS) is 18.9. The third kappa shape index (κ3) is 3.29. The zero-order chi connectivity index (χ0) is 13.8. The average molecular weight is 268 g/mol. The molecule has 1 fully saturated rings. The predicted octanol–water partition coefficient (Wildman–Crippen LogP) is 1.70. The van der Waals surface area contributed by atoms with Gasteiger partial charge in [-0.05, 0) is 36.9 Å². The van der Waals surface area contributed by atoms with Crippen molar-refractivity contribution in [3.63, 3.8) is 0 Å². The second-order valence-corrected chi connectivity index (χ2v) is 4.94. The number of aryl methyl sites for hydroxylation is 1. The molecule has 2 rings (SSSR count). The number of hydrogen-bond donors (Lipinski definition) is 1. The first-order chi connectivity index (χ1) is 9.11. The molecular weight excluding hydrogens is 250 g/mol. The molecule has 1 saturated heterocycles. The molecule has 1 unspecified atom stereocenters. The van der Waals surface area contributed by atoms with Gasteiger partial charge >= 0.3 is 0 Å². The van der Waals surface area contributed by atoms with Crippen molar-refractivity contribution < 1.29 is 13.6 Å². The maximum atomic E-state index is 13.4. The number of carbonyl (C=O) groups is 1. The predicted molar refractivity (Wildman–Crippen MR) is 68.4 cm³/mol. The molecule has 0 spiro atoms. The Kier molecular flexibility index (Phi) is 4.47. The van der Waals surface area contributed by atoms with Gasteiger partial charge in [-0.25, -0.2) is 8.78 Å². The number of benzene rings is 1. The molecule has 0 aromatic heterocycles. The van der Waals surface area contributed by atoms with E-state index in [0.29, 0.717) is 25.6 Å². The van der Waals surface area contributed by atoms with Gasteiger partial charge < -0.3 is 10.6 Å². The first kappa shape index (κ1) is 13.9. The zero-order valence-corrected chi connectivity index (χ0v) is 10.7. The molecule has 0 bridgehead atoms. The van der Waals surface area contributed by atoms with Gasteiger partial charge in [0.25, 0.3) is 0 Å². The van der Waals surface area contributed by atoms with Gasteiger partial charge in [0.2, 0.25) is 5.91 Å². The van der Waals surface area contributed by atoms with Crippen LogP contribution in [0.4, 0.5) is 8.78 Å². The van der Waals surface area contributed by atoms with E-state index in [-0.39, 0.29) is 24.3 Å². The fourth-order valence-electron chi connectivity index (χ4n) is 2.39. The summed E-state index contributed by atoms with van der Waals surface area (Å²) in [6, 6.07) is 4.05. The largest absolute Gasteiger partial charge is 0.342 e. The van der Waals surface area contributed by atoms with Crippen molar-refractivity contribution >= 4 is 5.91 Å². The lowest BCUT2D eigenvalue weighted by molar-refractivity contribution is -0.130. The molecule has 1 amide bonds. The van der Waals surface area contributed by atoms with Crippen LogP contribution in [-0.2, 0) is 11.2 Å². The molecule has 1 aliphatic heterocycles. The Morgan fingerprint density at radius 3 is 2.89 bits per heavy atom. The second kappa shape index (κ2) is 6.10. The number of nitrogens with zero attached hydrogens (tertiary/aromatic N) is 1. The summed E-state index contributed by atoms with van der Waals surface area (Å²) in [5.74, 6) is -1.36. The molecular formula is C14H18F2N2O. The molecule has 0 saturated carbocycles. The lowest BCUT2D eigenvalue weighted by atomic mass is 10.1. The molecule has 5 heteroatoms. The van der Waals surface area contributed by atoms with E-state index in [1.54, 1.807) is 4.90 Å². The lowest BCUT2D eigenvalue weighted by Crippen LogP contribution is -2.30. The molecule has 1 aromatic carbocycles. The maximum Gasteiger partial charge on any atom is 0.222 e. The monoisotopic (exact) mass is 268 g/mol. The summed E-state index contributed by atoms with van der Waals surface area (Å²) in [7, 11) is 0. The van der Waals surface area contributed by atoms with Gasteiger partial charge in [-0.15, -0.1) is 0 Å². The first-order valence-electron chi connectivity index (χ1n) is 6.52. The van der Waals surface area contributed by atoms with Crippen LogP contribution in [-0.4, -0.2) is 30.4 Å². The van der Waals surface area contributed by atoms with Gasteiger partial charge in [-0.3, -0.25) is 4.79 Å². The smallest absolute Gasteiger partial charge is 0.222 e. The number of carbonyl (C=O) groups excluding carboxylic acids is 1. The van der Waals surface area contributed by atoms with Gasteiger partial charge in [0.15, 0.2) is 11.6 Å². The third-order valence-electron chi connectivity index (χ3n) is 3.61. The molecule has 0 aliphatic carbocycles. The highest BCUT2D eigenvalue weighted by atomic mass is 19.2. The van der Waals surface area contributed by atoms with Crippen molar-refractivity contribution in [2.45, 2.75) is 19.3 Å². The van der Waals surface area contributed by atoms with Gasteiger partial charge in [0.1, 0.15) is 0 Å². The highest BCUT2D eigenvalue weighted by Gasteiger charge is 2.25. The van der Waals surface area contributed by atoms with Crippen LogP contribution < -0.4 is 5.73 Å². The van der Waals surface area contributed by atoms with Gasteiger partial charge in [-0.1, -0.05) is 12.1 Å². The highest BCUT2D eigenvalue weighted by Crippen LogP contribution is 2.18. The van der Waals surface area contributed by atoms with Crippen LogP contribution in [0.15, 0.2) is 18.2 Å². The number of hydrogen-bond acceptors (Lipinski definition) is 2. The molecule has 2 N–H and O–H groups in total. The fourth-order valence-corrected chi connectivity index (χ4v) is 2.39. The summed E-state index contributed by atoms with van der Waals surface area (Å²) < 4.78 is 26.4. The summed E-state index contributed by atoms with van der Waals surface area (Å²) in [6.07, 6.45) is 1.36. The molecule has 1 atom stereocenters. The van der Waals surface area contributed by atoms with E-state index in [9.17, 15) is 13.6 Å². The molecule has 0 radical (unpaired) electrons. The van der Waals surface area contributed by atoms with Crippen LogP contribution in [0.3, 0.4) is 0 Å². The summed E-state index contributed by atoms with van der Waals surface area (Å²) in [5.41, 5.74) is 5.82. The summed E-state index contributed by atoms with van der Waals surface area (Å²) >= 11 is 0. The molecule has 1 aromatic rings. The minimum atomic E-state index is -0.866. The molecule has 1 aliphatic rings. The molecule has 1 heterocycles. The van der Waals surface area contributed by atoms with E-state index >= 15 is 0 Å². The van der Waals surface area contributed by atoms with E-state index in [1.165, 1.54) is 12.1 Å². The Morgan fingerprint density at radius 2 is 2.21 bits per heavy atom. The standard InChI is InChI=1S/C14H18F2N2O/c15-12-3-1-2-11(14(12)16)4-5-13(19)18-7-6-10(8-17)9-18/h1-3,10H,4-9,17H2. The van der Waals surface area contributed by atoms with Gasteiger partial charge in [0.05, 0.1) is 0 Å². The van der Waals surface area contributed by atoms with Gasteiger partial charge in [-0.2, -0.15) is 0 Å². The number of amides is 1. The Bertz CT molecular complexity index is 465. The van der Waals surface area contributed by atoms with E-state index < -0.39 is 11.6 Å². The number of halogens is 2. The average Bonchev–Trinajstić information content (AvgIpc) is 2.89. The maximum absolute atomic E-state index is 13.4.